The third-order valence-corrected chi connectivity index (χ3v) is 3.68. The minimum absolute atomic E-state index is 0.194. The molecule has 4 heteroatoms. The molecule has 3 nitrogen and oxygen atoms in total. The largest absolute Gasteiger partial charge is 0.282 e. The Kier molecular flexibility index (Phi) is 4.26. The maximum absolute atomic E-state index is 11.8. The molecule has 19 heavy (non-hydrogen) atoms. The normalized spacial score (nSPS) is 12.2. The smallest absolute Gasteiger partial charge is 0.199 e. The van der Waals surface area contributed by atoms with Gasteiger partial charge in [-0.1, -0.05) is 54.6 Å². The van der Waals surface area contributed by atoms with Crippen molar-refractivity contribution in [2.24, 2.45) is 4.40 Å². The van der Waals surface area contributed by atoms with Crippen LogP contribution in [-0.2, 0) is 10.0 Å². The van der Waals surface area contributed by atoms with Crippen LogP contribution >= 0.6 is 0 Å². The van der Waals surface area contributed by atoms with Crippen LogP contribution in [0.2, 0.25) is 0 Å². The molecule has 0 aliphatic heterocycles. The van der Waals surface area contributed by atoms with Gasteiger partial charge in [-0.15, -0.1) is 0 Å². The van der Waals surface area contributed by atoms with Gasteiger partial charge in [0.2, 0.25) is 0 Å². The molecule has 0 aromatic heterocycles. The Bertz CT molecular complexity index is 675. The van der Waals surface area contributed by atoms with Gasteiger partial charge >= 0.3 is 0 Å². The van der Waals surface area contributed by atoms with E-state index >= 15 is 0 Å². The Morgan fingerprint density at radius 1 is 0.842 bits per heavy atom. The predicted octanol–water partition coefficient (Wildman–Crippen LogP) is 3.16. The fraction of sp³-hybridized carbons (Fsp3) is 0. The summed E-state index contributed by atoms with van der Waals surface area (Å²) in [5, 5.41) is 0. The quantitative estimate of drug-likeness (QED) is 0.802. The number of benzene rings is 2. The van der Waals surface area contributed by atoms with Crippen molar-refractivity contribution in [1.29, 1.82) is 0 Å². The van der Waals surface area contributed by atoms with Gasteiger partial charge in [0.1, 0.15) is 0 Å². The predicted molar refractivity (Wildman–Crippen MR) is 77.6 cm³/mol. The zero-order valence-corrected chi connectivity index (χ0v) is 11.0. The first-order valence-corrected chi connectivity index (χ1v) is 7.20. The molecule has 0 heterocycles. The van der Waals surface area contributed by atoms with E-state index in [0.717, 1.165) is 5.56 Å². The van der Waals surface area contributed by atoms with Crippen molar-refractivity contribution in [2.75, 3.05) is 0 Å². The minimum Gasteiger partial charge on any atom is -0.199 e. The van der Waals surface area contributed by atoms with E-state index in [4.69, 9.17) is 0 Å². The van der Waals surface area contributed by atoms with Crippen LogP contribution in [0.1, 0.15) is 5.56 Å². The summed E-state index contributed by atoms with van der Waals surface area (Å²) in [4.78, 5) is 0.194. The summed E-state index contributed by atoms with van der Waals surface area (Å²) in [5.74, 6) is 0. The lowest BCUT2D eigenvalue weighted by Crippen LogP contribution is -1.95. The zero-order chi connectivity index (χ0) is 13.6. The van der Waals surface area contributed by atoms with Gasteiger partial charge in [0.25, 0.3) is 10.0 Å². The van der Waals surface area contributed by atoms with E-state index in [1.54, 1.807) is 30.4 Å². The Balaban J connectivity index is 2.09. The monoisotopic (exact) mass is 271 g/mol. The van der Waals surface area contributed by atoms with Crippen LogP contribution in [0.15, 0.2) is 76.0 Å². The highest BCUT2D eigenvalue weighted by atomic mass is 32.2. The molecule has 96 valence electrons. The maximum atomic E-state index is 11.8. The molecule has 2 rings (SSSR count). The molecule has 2 aromatic rings. The number of nitrogens with zero attached hydrogens (tertiary/aromatic N) is 1. The standard InChI is InChI=1S/C15H13NO2S/c17-19(18,15-11-5-2-6-12-15)16-13-7-10-14-8-3-1-4-9-14/h1-13H. The van der Waals surface area contributed by atoms with Crippen molar-refractivity contribution in [3.8, 4) is 0 Å². The van der Waals surface area contributed by atoms with Crippen LogP contribution in [0, 0.1) is 0 Å². The summed E-state index contributed by atoms with van der Waals surface area (Å²) >= 11 is 0. The number of sulfonamides is 1. The van der Waals surface area contributed by atoms with E-state index in [2.05, 4.69) is 4.40 Å². The number of hydrogen-bond donors (Lipinski definition) is 0. The molecule has 0 unspecified atom stereocenters. The van der Waals surface area contributed by atoms with E-state index in [1.165, 1.54) is 18.3 Å². The van der Waals surface area contributed by atoms with Crippen LogP contribution in [0.3, 0.4) is 0 Å². The van der Waals surface area contributed by atoms with Gasteiger partial charge in [-0.25, -0.2) is 0 Å². The second-order valence-corrected chi connectivity index (χ2v) is 5.44. The first kappa shape index (κ1) is 13.2. The Morgan fingerprint density at radius 2 is 1.42 bits per heavy atom. The van der Waals surface area contributed by atoms with Crippen molar-refractivity contribution in [1.82, 2.24) is 0 Å². The minimum atomic E-state index is -3.60. The first-order valence-electron chi connectivity index (χ1n) is 5.75. The lowest BCUT2D eigenvalue weighted by molar-refractivity contribution is 0.598. The van der Waals surface area contributed by atoms with E-state index in [0.29, 0.717) is 0 Å². The molecule has 0 radical (unpaired) electrons. The van der Waals surface area contributed by atoms with Crippen molar-refractivity contribution in [3.63, 3.8) is 0 Å². The van der Waals surface area contributed by atoms with Crippen LogP contribution in [-0.4, -0.2) is 14.6 Å². The number of hydrogen-bond acceptors (Lipinski definition) is 2. The number of rotatable bonds is 4. The Morgan fingerprint density at radius 3 is 2.05 bits per heavy atom. The van der Waals surface area contributed by atoms with Gasteiger partial charge in [0, 0.05) is 6.21 Å². The molecule has 0 saturated carbocycles. The highest BCUT2D eigenvalue weighted by Gasteiger charge is 2.09. The second kappa shape index (κ2) is 6.11. The summed E-state index contributed by atoms with van der Waals surface area (Å²) in [6.45, 7) is 0. The van der Waals surface area contributed by atoms with Crippen molar-refractivity contribution in [2.45, 2.75) is 4.90 Å². The van der Waals surface area contributed by atoms with Gasteiger partial charge < -0.3 is 0 Å². The van der Waals surface area contributed by atoms with Gasteiger partial charge in [0.05, 0.1) is 4.90 Å². The summed E-state index contributed by atoms with van der Waals surface area (Å²) in [6, 6.07) is 17.7. The zero-order valence-electron chi connectivity index (χ0n) is 10.2. The molecular formula is C15H13NO2S. The Labute approximate surface area is 113 Å². The van der Waals surface area contributed by atoms with Crippen LogP contribution in [0.5, 0.6) is 0 Å². The summed E-state index contributed by atoms with van der Waals surface area (Å²) in [7, 11) is -3.60. The fourth-order valence-corrected chi connectivity index (χ4v) is 2.34. The average molecular weight is 271 g/mol. The third-order valence-electron chi connectivity index (χ3n) is 2.42. The molecule has 0 bridgehead atoms. The van der Waals surface area contributed by atoms with Crippen molar-refractivity contribution < 1.29 is 8.42 Å². The molecule has 0 spiro atoms. The topological polar surface area (TPSA) is 46.5 Å². The molecule has 0 aliphatic carbocycles. The van der Waals surface area contributed by atoms with Gasteiger partial charge in [-0.3, -0.25) is 0 Å². The lowest BCUT2D eigenvalue weighted by Gasteiger charge is -1.95. The molecule has 0 fully saturated rings. The molecule has 0 saturated heterocycles. The van der Waals surface area contributed by atoms with Crippen molar-refractivity contribution in [3.05, 3.63) is 72.3 Å². The molecule has 2 aromatic carbocycles. The van der Waals surface area contributed by atoms with Crippen molar-refractivity contribution >= 4 is 22.3 Å². The van der Waals surface area contributed by atoms with Gasteiger partial charge in [-0.05, 0) is 23.8 Å². The van der Waals surface area contributed by atoms with Gasteiger partial charge in [-0.2, -0.15) is 12.8 Å². The summed E-state index contributed by atoms with van der Waals surface area (Å²) < 4.78 is 27.2. The Hall–Kier alpha value is -2.20. The van der Waals surface area contributed by atoms with E-state index < -0.39 is 10.0 Å². The molecule has 0 atom stereocenters. The second-order valence-electron chi connectivity index (χ2n) is 3.81. The first-order chi connectivity index (χ1) is 9.18. The SMILES string of the molecule is O=S(=O)(N=CC=Cc1ccccc1)c1ccccc1. The maximum Gasteiger partial charge on any atom is 0.282 e. The molecule has 0 aliphatic rings. The van der Waals surface area contributed by atoms with E-state index in [9.17, 15) is 8.42 Å². The molecular weight excluding hydrogens is 258 g/mol. The lowest BCUT2D eigenvalue weighted by atomic mass is 10.2. The van der Waals surface area contributed by atoms with Crippen LogP contribution in [0.4, 0.5) is 0 Å². The van der Waals surface area contributed by atoms with Gasteiger partial charge in [0.15, 0.2) is 0 Å². The summed E-state index contributed by atoms with van der Waals surface area (Å²) in [6.07, 6.45) is 4.69. The fourth-order valence-electron chi connectivity index (χ4n) is 1.49. The highest BCUT2D eigenvalue weighted by Crippen LogP contribution is 2.10. The highest BCUT2D eigenvalue weighted by molar-refractivity contribution is 7.90. The van der Waals surface area contributed by atoms with Crippen LogP contribution in [0.25, 0.3) is 6.08 Å². The third kappa shape index (κ3) is 3.89. The van der Waals surface area contributed by atoms with Crippen LogP contribution < -0.4 is 0 Å². The van der Waals surface area contributed by atoms with E-state index in [1.807, 2.05) is 30.3 Å². The number of allylic oxidation sites excluding steroid dienone is 1. The molecule has 0 N–H and O–H groups in total. The van der Waals surface area contributed by atoms with E-state index in [-0.39, 0.29) is 4.90 Å². The average Bonchev–Trinajstić information content (AvgIpc) is 2.46. The summed E-state index contributed by atoms with van der Waals surface area (Å²) in [5.41, 5.74) is 0.992. The molecule has 0 amide bonds.